The molecule has 0 bridgehead atoms. The fourth-order valence-corrected chi connectivity index (χ4v) is 2.40. The molecule has 2 aromatic rings. The molecule has 2 rings (SSSR count). The Morgan fingerprint density at radius 1 is 1.33 bits per heavy atom. The van der Waals surface area contributed by atoms with Crippen molar-refractivity contribution in [1.82, 2.24) is 5.32 Å². The Hall–Kier alpha value is -1.43. The van der Waals surface area contributed by atoms with Crippen LogP contribution in [0.5, 0.6) is 0 Å². The molecule has 0 fully saturated rings. The molecule has 0 spiro atoms. The molecule has 2 N–H and O–H groups in total. The molecule has 110 valence electrons. The lowest BCUT2D eigenvalue weighted by molar-refractivity contribution is 0.0912. The highest BCUT2D eigenvalue weighted by Crippen LogP contribution is 2.19. The lowest BCUT2D eigenvalue weighted by Crippen LogP contribution is -2.31. The van der Waals surface area contributed by atoms with Gasteiger partial charge in [-0.2, -0.15) is 0 Å². The maximum absolute atomic E-state index is 13.7. The SMILES string of the molecule is O=C(N[C@H](CO)c1cccc(Cl)c1)c1ccc(Br)cc1F. The van der Waals surface area contributed by atoms with Crippen molar-refractivity contribution in [2.75, 3.05) is 6.61 Å². The summed E-state index contributed by atoms with van der Waals surface area (Å²) < 4.78 is 14.3. The number of halogens is 3. The van der Waals surface area contributed by atoms with E-state index in [1.807, 2.05) is 0 Å². The van der Waals surface area contributed by atoms with Crippen LogP contribution in [0.2, 0.25) is 5.02 Å². The van der Waals surface area contributed by atoms with Crippen molar-refractivity contribution in [2.45, 2.75) is 6.04 Å². The molecule has 21 heavy (non-hydrogen) atoms. The summed E-state index contributed by atoms with van der Waals surface area (Å²) in [6, 6.07) is 10.3. The Bertz CT molecular complexity index is 666. The quantitative estimate of drug-likeness (QED) is 0.860. The van der Waals surface area contributed by atoms with Gasteiger partial charge in [0.2, 0.25) is 0 Å². The van der Waals surface area contributed by atoms with Gasteiger partial charge in [0.15, 0.2) is 0 Å². The van der Waals surface area contributed by atoms with Gasteiger partial charge in [0.25, 0.3) is 5.91 Å². The van der Waals surface area contributed by atoms with Crippen LogP contribution in [0, 0.1) is 5.82 Å². The van der Waals surface area contributed by atoms with Gasteiger partial charge in [-0.25, -0.2) is 4.39 Å². The summed E-state index contributed by atoms with van der Waals surface area (Å²) in [4.78, 5) is 12.1. The lowest BCUT2D eigenvalue weighted by atomic mass is 10.1. The normalized spacial score (nSPS) is 12.0. The van der Waals surface area contributed by atoms with Gasteiger partial charge in [0.1, 0.15) is 5.82 Å². The summed E-state index contributed by atoms with van der Waals surface area (Å²) in [5.74, 6) is -1.23. The van der Waals surface area contributed by atoms with Crippen LogP contribution >= 0.6 is 27.5 Å². The Kier molecular flexibility index (Phi) is 5.33. The molecule has 0 radical (unpaired) electrons. The largest absolute Gasteiger partial charge is 0.394 e. The molecule has 0 saturated heterocycles. The van der Waals surface area contributed by atoms with Crippen molar-refractivity contribution in [3.8, 4) is 0 Å². The first kappa shape index (κ1) is 15.9. The summed E-state index contributed by atoms with van der Waals surface area (Å²) in [5.41, 5.74) is 0.564. The first-order valence-corrected chi connectivity index (χ1v) is 7.30. The number of carbonyl (C=O) groups excluding carboxylic acids is 1. The van der Waals surface area contributed by atoms with E-state index in [9.17, 15) is 14.3 Å². The van der Waals surface area contributed by atoms with Gasteiger partial charge in [-0.1, -0.05) is 39.7 Å². The van der Waals surface area contributed by atoms with E-state index in [1.165, 1.54) is 12.1 Å². The van der Waals surface area contributed by atoms with Crippen molar-refractivity contribution in [3.63, 3.8) is 0 Å². The third-order valence-corrected chi connectivity index (χ3v) is 3.64. The van der Waals surface area contributed by atoms with E-state index >= 15 is 0 Å². The molecular weight excluding hydrogens is 361 g/mol. The second kappa shape index (κ2) is 7.02. The first-order chi connectivity index (χ1) is 10.0. The number of aliphatic hydroxyl groups is 1. The van der Waals surface area contributed by atoms with Crippen molar-refractivity contribution < 1.29 is 14.3 Å². The smallest absolute Gasteiger partial charge is 0.254 e. The molecule has 3 nitrogen and oxygen atoms in total. The predicted octanol–water partition coefficient (Wildman–Crippen LogP) is 3.71. The minimum Gasteiger partial charge on any atom is -0.394 e. The monoisotopic (exact) mass is 371 g/mol. The second-order valence-corrected chi connectivity index (χ2v) is 5.74. The predicted molar refractivity (Wildman–Crippen MR) is 82.8 cm³/mol. The highest BCUT2D eigenvalue weighted by atomic mass is 79.9. The maximum Gasteiger partial charge on any atom is 0.254 e. The minimum atomic E-state index is -0.653. The number of rotatable bonds is 4. The van der Waals surface area contributed by atoms with Crippen LogP contribution < -0.4 is 5.32 Å². The van der Waals surface area contributed by atoms with Crippen LogP contribution in [-0.2, 0) is 0 Å². The van der Waals surface area contributed by atoms with Crippen LogP contribution in [-0.4, -0.2) is 17.6 Å². The van der Waals surface area contributed by atoms with Crippen molar-refractivity contribution in [1.29, 1.82) is 0 Å². The van der Waals surface area contributed by atoms with Crippen molar-refractivity contribution >= 4 is 33.4 Å². The summed E-state index contributed by atoms with van der Waals surface area (Å²) in [7, 11) is 0. The molecule has 0 heterocycles. The van der Waals surface area contributed by atoms with E-state index < -0.39 is 17.8 Å². The molecule has 0 unspecified atom stereocenters. The molecule has 0 saturated carbocycles. The van der Waals surface area contributed by atoms with Crippen LogP contribution in [0.15, 0.2) is 46.9 Å². The Morgan fingerprint density at radius 2 is 2.10 bits per heavy atom. The number of hydrogen-bond donors (Lipinski definition) is 2. The van der Waals surface area contributed by atoms with E-state index in [-0.39, 0.29) is 12.2 Å². The molecule has 1 atom stereocenters. The average Bonchev–Trinajstić information content (AvgIpc) is 2.44. The highest BCUT2D eigenvalue weighted by Gasteiger charge is 2.18. The summed E-state index contributed by atoms with van der Waals surface area (Å²) in [6.45, 7) is -0.315. The van der Waals surface area contributed by atoms with Gasteiger partial charge in [-0.3, -0.25) is 4.79 Å². The van der Waals surface area contributed by atoms with Crippen molar-refractivity contribution in [2.24, 2.45) is 0 Å². The van der Waals surface area contributed by atoms with Gasteiger partial charge in [0, 0.05) is 9.50 Å². The maximum atomic E-state index is 13.7. The van der Waals surface area contributed by atoms with E-state index in [2.05, 4.69) is 21.2 Å². The number of hydrogen-bond acceptors (Lipinski definition) is 2. The third kappa shape index (κ3) is 4.03. The molecule has 1 amide bonds. The highest BCUT2D eigenvalue weighted by molar-refractivity contribution is 9.10. The van der Waals surface area contributed by atoms with E-state index in [4.69, 9.17) is 11.6 Å². The number of amides is 1. The molecular formula is C15H12BrClFNO2. The van der Waals surface area contributed by atoms with Gasteiger partial charge in [0.05, 0.1) is 18.2 Å². The lowest BCUT2D eigenvalue weighted by Gasteiger charge is -2.17. The molecule has 2 aromatic carbocycles. The van der Waals surface area contributed by atoms with Gasteiger partial charge in [-0.05, 0) is 35.9 Å². The zero-order chi connectivity index (χ0) is 15.4. The summed E-state index contributed by atoms with van der Waals surface area (Å²) in [6.07, 6.45) is 0. The van der Waals surface area contributed by atoms with E-state index in [0.717, 1.165) is 0 Å². The fourth-order valence-electron chi connectivity index (χ4n) is 1.87. The summed E-state index contributed by atoms with van der Waals surface area (Å²) >= 11 is 9.01. The van der Waals surface area contributed by atoms with E-state index in [1.54, 1.807) is 30.3 Å². The molecule has 0 aliphatic carbocycles. The van der Waals surface area contributed by atoms with Crippen molar-refractivity contribution in [3.05, 3.63) is 68.9 Å². The Balaban J connectivity index is 2.20. The molecule has 0 aliphatic heterocycles. The number of carbonyl (C=O) groups is 1. The molecule has 6 heteroatoms. The van der Waals surface area contributed by atoms with E-state index in [0.29, 0.717) is 15.1 Å². The first-order valence-electron chi connectivity index (χ1n) is 6.13. The summed E-state index contributed by atoms with van der Waals surface area (Å²) in [5, 5.41) is 12.5. The molecule has 0 aliphatic rings. The van der Waals surface area contributed by atoms with Gasteiger partial charge in [-0.15, -0.1) is 0 Å². The number of benzene rings is 2. The Morgan fingerprint density at radius 3 is 2.71 bits per heavy atom. The van der Waals surface area contributed by atoms with Crippen LogP contribution in [0.4, 0.5) is 4.39 Å². The van der Waals surface area contributed by atoms with Crippen LogP contribution in [0.1, 0.15) is 22.0 Å². The zero-order valence-corrected chi connectivity index (χ0v) is 13.2. The fraction of sp³-hybridized carbons (Fsp3) is 0.133. The van der Waals surface area contributed by atoms with Gasteiger partial charge < -0.3 is 10.4 Å². The molecule has 0 aromatic heterocycles. The zero-order valence-electron chi connectivity index (χ0n) is 10.8. The van der Waals surface area contributed by atoms with Crippen LogP contribution in [0.3, 0.4) is 0 Å². The number of nitrogens with one attached hydrogen (secondary N) is 1. The second-order valence-electron chi connectivity index (χ2n) is 4.39. The number of aliphatic hydroxyl groups excluding tert-OH is 1. The standard InChI is InChI=1S/C15H12BrClFNO2/c16-10-4-5-12(13(18)7-10)15(21)19-14(8-20)9-2-1-3-11(17)6-9/h1-7,14,20H,8H2,(H,19,21)/t14-/m1/s1. The third-order valence-electron chi connectivity index (χ3n) is 2.91. The minimum absolute atomic E-state index is 0.0846. The topological polar surface area (TPSA) is 49.3 Å². The average molecular weight is 373 g/mol. The van der Waals surface area contributed by atoms with Crippen LogP contribution in [0.25, 0.3) is 0 Å². The Labute approximate surface area is 134 Å². The van der Waals surface area contributed by atoms with Gasteiger partial charge >= 0.3 is 0 Å².